The smallest absolute Gasteiger partial charge is 0.320 e. The number of pyridine rings is 1. The van der Waals surface area contributed by atoms with E-state index in [1.807, 2.05) is 16.1 Å². The van der Waals surface area contributed by atoms with Crippen molar-refractivity contribution in [3.8, 4) is 0 Å². The number of nitrogens with zero attached hydrogens (tertiary/aromatic N) is 6. The van der Waals surface area contributed by atoms with E-state index in [9.17, 15) is 9.18 Å². The molecule has 2 amide bonds. The van der Waals surface area contributed by atoms with E-state index in [1.165, 1.54) is 25.1 Å². The molecule has 2 spiro atoms. The SMILES string of the molecule is O=C(N1CC2(CC(Cc3ccc(F)cn3)C2)C1)N1CC2(CC(n3cnc(C4CC4)n3)C2)C1. The van der Waals surface area contributed by atoms with Gasteiger partial charge in [0.05, 0.1) is 12.2 Å². The molecule has 2 aromatic heterocycles. The van der Waals surface area contributed by atoms with Crippen LogP contribution in [0.3, 0.4) is 0 Å². The molecule has 168 valence electrons. The summed E-state index contributed by atoms with van der Waals surface area (Å²) in [6, 6.07) is 3.96. The van der Waals surface area contributed by atoms with Crippen molar-refractivity contribution in [3.63, 3.8) is 0 Å². The van der Waals surface area contributed by atoms with E-state index in [-0.39, 0.29) is 11.8 Å². The first-order valence-electron chi connectivity index (χ1n) is 12.0. The lowest BCUT2D eigenvalue weighted by Gasteiger charge is -2.63. The normalized spacial score (nSPS) is 25.9. The fraction of sp³-hybridized carbons (Fsp3) is 0.667. The Balaban J connectivity index is 0.852. The molecule has 0 radical (unpaired) electrons. The molecule has 0 bridgehead atoms. The lowest BCUT2D eigenvalue weighted by atomic mass is 9.56. The van der Waals surface area contributed by atoms with E-state index < -0.39 is 0 Å². The zero-order valence-electron chi connectivity index (χ0n) is 18.3. The van der Waals surface area contributed by atoms with E-state index in [4.69, 9.17) is 0 Å². The van der Waals surface area contributed by atoms with Crippen LogP contribution in [0.25, 0.3) is 0 Å². The van der Waals surface area contributed by atoms with E-state index in [0.29, 0.717) is 28.7 Å². The van der Waals surface area contributed by atoms with Gasteiger partial charge in [0.15, 0.2) is 5.82 Å². The molecule has 7 nitrogen and oxygen atoms in total. The fourth-order valence-electron chi connectivity index (χ4n) is 6.77. The number of urea groups is 1. The molecule has 5 aliphatic rings. The van der Waals surface area contributed by atoms with Crippen LogP contribution in [0.5, 0.6) is 0 Å². The summed E-state index contributed by atoms with van der Waals surface area (Å²) < 4.78 is 15.1. The first-order chi connectivity index (χ1) is 15.5. The van der Waals surface area contributed by atoms with Gasteiger partial charge in [-0.15, -0.1) is 0 Å². The van der Waals surface area contributed by atoms with Crippen molar-refractivity contribution in [2.45, 2.75) is 56.9 Å². The fourth-order valence-corrected chi connectivity index (χ4v) is 6.77. The Hall–Kier alpha value is -2.51. The third kappa shape index (κ3) is 3.05. The number of rotatable bonds is 4. The Bertz CT molecular complexity index is 1030. The molecule has 0 aromatic carbocycles. The number of carbonyl (C=O) groups excluding carboxylic acids is 1. The van der Waals surface area contributed by atoms with Crippen LogP contribution in [-0.2, 0) is 6.42 Å². The second kappa shape index (κ2) is 6.51. The van der Waals surface area contributed by atoms with Gasteiger partial charge in [-0.1, -0.05) is 0 Å². The lowest BCUT2D eigenvalue weighted by Crippen LogP contribution is -2.71. The molecule has 4 heterocycles. The summed E-state index contributed by atoms with van der Waals surface area (Å²) in [5.41, 5.74) is 1.62. The predicted octanol–water partition coefficient (Wildman–Crippen LogP) is 3.40. The molecule has 3 aliphatic carbocycles. The minimum atomic E-state index is -0.279. The van der Waals surface area contributed by atoms with E-state index in [2.05, 4.69) is 19.7 Å². The highest BCUT2D eigenvalue weighted by molar-refractivity contribution is 5.77. The van der Waals surface area contributed by atoms with Crippen LogP contribution < -0.4 is 0 Å². The van der Waals surface area contributed by atoms with Crippen molar-refractivity contribution in [2.24, 2.45) is 16.7 Å². The summed E-state index contributed by atoms with van der Waals surface area (Å²) in [5.74, 6) is 1.96. The van der Waals surface area contributed by atoms with Gasteiger partial charge in [-0.25, -0.2) is 18.9 Å². The Labute approximate surface area is 187 Å². The minimum Gasteiger partial charge on any atom is -0.323 e. The minimum absolute atomic E-state index is 0.227. The van der Waals surface area contributed by atoms with Gasteiger partial charge in [0.2, 0.25) is 0 Å². The summed E-state index contributed by atoms with van der Waals surface area (Å²) in [5, 5.41) is 4.69. The van der Waals surface area contributed by atoms with Gasteiger partial charge in [-0.3, -0.25) is 4.98 Å². The summed E-state index contributed by atoms with van der Waals surface area (Å²) in [6.45, 7) is 3.59. The first-order valence-corrected chi connectivity index (χ1v) is 12.0. The van der Waals surface area contributed by atoms with Gasteiger partial charge in [-0.2, -0.15) is 5.10 Å². The van der Waals surface area contributed by atoms with E-state index >= 15 is 0 Å². The Morgan fingerprint density at radius 2 is 1.69 bits per heavy atom. The second-order valence-corrected chi connectivity index (χ2v) is 11.4. The van der Waals surface area contributed by atoms with Crippen LogP contribution in [0, 0.1) is 22.6 Å². The number of hydrogen-bond donors (Lipinski definition) is 0. The molecule has 8 heteroatoms. The summed E-state index contributed by atoms with van der Waals surface area (Å²) in [4.78, 5) is 25.6. The molecule has 0 N–H and O–H groups in total. The largest absolute Gasteiger partial charge is 0.323 e. The van der Waals surface area contributed by atoms with E-state index in [1.54, 1.807) is 6.07 Å². The highest BCUT2D eigenvalue weighted by Crippen LogP contribution is 2.56. The van der Waals surface area contributed by atoms with Crippen molar-refractivity contribution in [1.82, 2.24) is 29.5 Å². The van der Waals surface area contributed by atoms with Gasteiger partial charge in [0, 0.05) is 48.6 Å². The van der Waals surface area contributed by atoms with Gasteiger partial charge in [-0.05, 0) is 63.0 Å². The molecule has 5 fully saturated rings. The Kier molecular flexibility index (Phi) is 3.87. The zero-order valence-corrected chi connectivity index (χ0v) is 18.3. The highest BCUT2D eigenvalue weighted by Gasteiger charge is 2.58. The number of aromatic nitrogens is 4. The number of carbonyl (C=O) groups is 1. The predicted molar refractivity (Wildman–Crippen MR) is 114 cm³/mol. The Morgan fingerprint density at radius 3 is 2.31 bits per heavy atom. The molecule has 2 aliphatic heterocycles. The summed E-state index contributed by atoms with van der Waals surface area (Å²) in [6.07, 6.45) is 11.1. The molecular weight excluding hydrogens is 407 g/mol. The third-order valence-electron chi connectivity index (χ3n) is 8.56. The molecule has 2 saturated heterocycles. The van der Waals surface area contributed by atoms with Crippen molar-refractivity contribution in [2.75, 3.05) is 26.2 Å². The quantitative estimate of drug-likeness (QED) is 0.737. The van der Waals surface area contributed by atoms with Gasteiger partial charge < -0.3 is 9.80 Å². The van der Waals surface area contributed by atoms with Crippen LogP contribution in [0.4, 0.5) is 9.18 Å². The summed E-state index contributed by atoms with van der Waals surface area (Å²) in [7, 11) is 0. The molecule has 32 heavy (non-hydrogen) atoms. The molecular formula is C24H29FN6O. The first kappa shape index (κ1) is 19.0. The van der Waals surface area contributed by atoms with E-state index in [0.717, 1.165) is 69.8 Å². The van der Waals surface area contributed by atoms with Crippen LogP contribution in [-0.4, -0.2) is 61.8 Å². The summed E-state index contributed by atoms with van der Waals surface area (Å²) >= 11 is 0. The maximum Gasteiger partial charge on any atom is 0.320 e. The van der Waals surface area contributed by atoms with Crippen LogP contribution in [0.2, 0.25) is 0 Å². The number of likely N-dealkylation sites (tertiary alicyclic amines) is 2. The van der Waals surface area contributed by atoms with Gasteiger partial charge in [0.1, 0.15) is 12.1 Å². The molecule has 2 aromatic rings. The molecule has 0 atom stereocenters. The standard InChI is InChI=1S/C24H29FN6O/c25-18-3-4-19(26-10-18)5-16-6-23(7-16)11-29(12-23)22(32)30-13-24(14-30)8-20(9-24)31-15-27-21(28-31)17-1-2-17/h3-4,10,15-17,20H,1-2,5-9,11-14H2. The van der Waals surface area contributed by atoms with Crippen molar-refractivity contribution < 1.29 is 9.18 Å². The zero-order chi connectivity index (χ0) is 21.5. The molecule has 7 rings (SSSR count). The van der Waals surface area contributed by atoms with Crippen LogP contribution >= 0.6 is 0 Å². The van der Waals surface area contributed by atoms with Crippen molar-refractivity contribution in [1.29, 1.82) is 0 Å². The second-order valence-electron chi connectivity index (χ2n) is 11.4. The number of halogens is 1. The monoisotopic (exact) mass is 436 g/mol. The lowest BCUT2D eigenvalue weighted by molar-refractivity contribution is -0.107. The van der Waals surface area contributed by atoms with Gasteiger partial charge in [0.25, 0.3) is 0 Å². The average molecular weight is 437 g/mol. The average Bonchev–Trinajstić information content (AvgIpc) is 3.40. The number of hydrogen-bond acceptors (Lipinski definition) is 4. The maximum atomic E-state index is 13.0. The van der Waals surface area contributed by atoms with Crippen molar-refractivity contribution >= 4 is 6.03 Å². The molecule has 3 saturated carbocycles. The highest BCUT2D eigenvalue weighted by atomic mass is 19.1. The third-order valence-corrected chi connectivity index (χ3v) is 8.56. The topological polar surface area (TPSA) is 67.2 Å². The maximum absolute atomic E-state index is 13.0. The molecule has 0 unspecified atom stereocenters. The Morgan fingerprint density at radius 1 is 1.00 bits per heavy atom. The number of amides is 2. The van der Waals surface area contributed by atoms with Gasteiger partial charge >= 0.3 is 6.03 Å². The van der Waals surface area contributed by atoms with Crippen molar-refractivity contribution in [3.05, 3.63) is 42.0 Å². The van der Waals surface area contributed by atoms with Crippen LogP contribution in [0.1, 0.15) is 62.0 Å². The van der Waals surface area contributed by atoms with Crippen LogP contribution in [0.15, 0.2) is 24.7 Å².